The molecule has 0 amide bonds. The van der Waals surface area contributed by atoms with Gasteiger partial charge in [0, 0.05) is 36.8 Å². The molecule has 1 aliphatic heterocycles. The van der Waals surface area contributed by atoms with E-state index in [1.54, 1.807) is 31.5 Å². The molecule has 8 nitrogen and oxygen atoms in total. The molecule has 2 aromatic heterocycles. The molecule has 3 N–H and O–H groups in total. The van der Waals surface area contributed by atoms with E-state index < -0.39 is 11.6 Å². The van der Waals surface area contributed by atoms with Crippen molar-refractivity contribution in [2.75, 3.05) is 32.6 Å². The summed E-state index contributed by atoms with van der Waals surface area (Å²) in [5.74, 6) is 0.0346. The lowest BCUT2D eigenvalue weighted by atomic mass is 10.1. The molecule has 1 saturated heterocycles. The van der Waals surface area contributed by atoms with Gasteiger partial charge in [-0.3, -0.25) is 9.78 Å². The fourth-order valence-electron chi connectivity index (χ4n) is 4.63. The summed E-state index contributed by atoms with van der Waals surface area (Å²) in [6, 6.07) is 8.51. The topological polar surface area (TPSA) is 101 Å². The first kappa shape index (κ1) is 24.6. The Morgan fingerprint density at radius 2 is 1.92 bits per heavy atom. The Bertz CT molecular complexity index is 1460. The zero-order valence-corrected chi connectivity index (χ0v) is 20.5. The molecule has 0 spiro atoms. The molecular weight excluding hydrogens is 480 g/mol. The molecule has 1 fully saturated rings. The van der Waals surface area contributed by atoms with Crippen molar-refractivity contribution >= 4 is 16.6 Å². The number of hydrogen-bond donors (Lipinski definition) is 3. The summed E-state index contributed by atoms with van der Waals surface area (Å²) in [5, 5.41) is 7.27. The minimum Gasteiger partial charge on any atom is -0.493 e. The largest absolute Gasteiger partial charge is 0.493 e. The van der Waals surface area contributed by atoms with E-state index >= 15 is 0 Å². The Balaban J connectivity index is 1.50. The maximum Gasteiger partial charge on any atom is 0.258 e. The number of nitrogens with one attached hydrogen (secondary N) is 3. The molecule has 10 heteroatoms. The highest BCUT2D eigenvalue weighted by molar-refractivity contribution is 5.96. The summed E-state index contributed by atoms with van der Waals surface area (Å²) in [5.41, 5.74) is 2.35. The number of anilines is 1. The molecule has 37 heavy (non-hydrogen) atoms. The summed E-state index contributed by atoms with van der Waals surface area (Å²) in [4.78, 5) is 25.1. The number of piperidine rings is 1. The number of aromatic amines is 1. The molecule has 0 bridgehead atoms. The number of H-pyrrole nitrogens is 1. The minimum atomic E-state index is -0.667. The Morgan fingerprint density at radius 3 is 2.57 bits per heavy atom. The molecule has 1 aliphatic rings. The number of methoxy groups -OCH3 is 2. The fourth-order valence-corrected chi connectivity index (χ4v) is 4.63. The number of rotatable bonds is 7. The van der Waals surface area contributed by atoms with Gasteiger partial charge in [-0.2, -0.15) is 0 Å². The number of fused-ring (bicyclic) bond motifs is 1. The average molecular weight is 508 g/mol. The molecule has 5 rings (SSSR count). The zero-order chi connectivity index (χ0) is 25.9. The lowest BCUT2D eigenvalue weighted by molar-refractivity contribution is 0.356. The van der Waals surface area contributed by atoms with Gasteiger partial charge in [0.25, 0.3) is 5.56 Å². The second-order valence-electron chi connectivity index (χ2n) is 8.97. The van der Waals surface area contributed by atoms with E-state index in [0.717, 1.165) is 37.6 Å². The molecule has 0 saturated carbocycles. The molecule has 1 unspecified atom stereocenters. The van der Waals surface area contributed by atoms with Crippen molar-refractivity contribution < 1.29 is 18.3 Å². The average Bonchev–Trinajstić information content (AvgIpc) is 2.89. The SMILES string of the molecule is COc1cc2c(=O)[nH]c(Cc3ccc(-c4cc(F)cc(F)c4)nc3)nc2c(NC2CCCNC2)c1OC. The molecule has 2 aromatic carbocycles. The number of aromatic nitrogens is 3. The highest BCUT2D eigenvalue weighted by Gasteiger charge is 2.22. The van der Waals surface area contributed by atoms with E-state index in [9.17, 15) is 13.6 Å². The second-order valence-corrected chi connectivity index (χ2v) is 8.97. The van der Waals surface area contributed by atoms with Gasteiger partial charge in [0.1, 0.15) is 28.7 Å². The standard InChI is InChI=1S/C27H27F2N5O3/c1-36-22-12-20-24(25(26(22)37-2)32-19-4-3-7-30-14-19)33-23(34-27(20)35)8-15-5-6-21(31-13-15)16-9-17(28)11-18(29)10-16/h5-6,9-13,19,30,32H,3-4,7-8,14H2,1-2H3,(H,33,34,35). The van der Waals surface area contributed by atoms with Crippen LogP contribution >= 0.6 is 0 Å². The van der Waals surface area contributed by atoms with Crippen molar-refractivity contribution in [2.45, 2.75) is 25.3 Å². The summed E-state index contributed by atoms with van der Waals surface area (Å²) in [6.45, 7) is 1.75. The van der Waals surface area contributed by atoms with E-state index in [2.05, 4.69) is 20.6 Å². The lowest BCUT2D eigenvalue weighted by Gasteiger charge is -2.26. The Hall–Kier alpha value is -4.05. The Labute approximate surface area is 212 Å². The van der Waals surface area contributed by atoms with Gasteiger partial charge in [-0.25, -0.2) is 13.8 Å². The van der Waals surface area contributed by atoms with E-state index in [0.29, 0.717) is 51.6 Å². The second kappa shape index (κ2) is 10.5. The van der Waals surface area contributed by atoms with Crippen LogP contribution in [0.15, 0.2) is 47.4 Å². The van der Waals surface area contributed by atoms with Crippen LogP contribution in [0, 0.1) is 11.6 Å². The minimum absolute atomic E-state index is 0.145. The van der Waals surface area contributed by atoms with Crippen LogP contribution in [0.3, 0.4) is 0 Å². The first-order valence-corrected chi connectivity index (χ1v) is 12.0. The molecular formula is C27H27F2N5O3. The number of halogens is 2. The molecule has 3 heterocycles. The number of benzene rings is 2. The van der Waals surface area contributed by atoms with Gasteiger partial charge in [-0.15, -0.1) is 0 Å². The number of ether oxygens (including phenoxy) is 2. The normalized spacial score (nSPS) is 15.5. The van der Waals surface area contributed by atoms with Crippen LogP contribution in [0.25, 0.3) is 22.2 Å². The third-order valence-electron chi connectivity index (χ3n) is 6.39. The Kier molecular flexibility index (Phi) is 7.00. The predicted molar refractivity (Wildman–Crippen MR) is 137 cm³/mol. The number of hydrogen-bond acceptors (Lipinski definition) is 7. The van der Waals surface area contributed by atoms with Crippen molar-refractivity contribution in [1.82, 2.24) is 20.3 Å². The third-order valence-corrected chi connectivity index (χ3v) is 6.39. The number of nitrogens with zero attached hydrogens (tertiary/aromatic N) is 2. The Morgan fingerprint density at radius 1 is 1.11 bits per heavy atom. The van der Waals surface area contributed by atoms with Gasteiger partial charge in [-0.1, -0.05) is 6.07 Å². The monoisotopic (exact) mass is 507 g/mol. The van der Waals surface area contributed by atoms with E-state index in [-0.39, 0.29) is 11.6 Å². The summed E-state index contributed by atoms with van der Waals surface area (Å²) < 4.78 is 38.4. The van der Waals surface area contributed by atoms with Gasteiger partial charge in [0.2, 0.25) is 0 Å². The van der Waals surface area contributed by atoms with Crippen LogP contribution in [0.4, 0.5) is 14.5 Å². The molecule has 4 aromatic rings. The van der Waals surface area contributed by atoms with Crippen molar-refractivity contribution in [3.8, 4) is 22.8 Å². The van der Waals surface area contributed by atoms with Crippen LogP contribution < -0.4 is 25.7 Å². The highest BCUT2D eigenvalue weighted by atomic mass is 19.1. The third kappa shape index (κ3) is 5.24. The van der Waals surface area contributed by atoms with E-state index in [1.165, 1.54) is 19.2 Å². The molecule has 1 atom stereocenters. The van der Waals surface area contributed by atoms with Crippen molar-refractivity contribution in [2.24, 2.45) is 0 Å². The maximum absolute atomic E-state index is 13.6. The molecule has 0 radical (unpaired) electrons. The zero-order valence-electron chi connectivity index (χ0n) is 20.5. The first-order valence-electron chi connectivity index (χ1n) is 12.0. The maximum atomic E-state index is 13.6. The van der Waals surface area contributed by atoms with Gasteiger partial charge in [-0.05, 0) is 49.2 Å². The van der Waals surface area contributed by atoms with E-state index in [4.69, 9.17) is 14.5 Å². The van der Waals surface area contributed by atoms with Crippen LogP contribution in [-0.4, -0.2) is 48.3 Å². The quantitative estimate of drug-likeness (QED) is 0.347. The molecule has 0 aliphatic carbocycles. The van der Waals surface area contributed by atoms with Crippen molar-refractivity contribution in [3.63, 3.8) is 0 Å². The lowest BCUT2D eigenvalue weighted by Crippen LogP contribution is -2.38. The fraction of sp³-hybridized carbons (Fsp3) is 0.296. The van der Waals surface area contributed by atoms with Gasteiger partial charge in [0.05, 0.1) is 25.3 Å². The van der Waals surface area contributed by atoms with Crippen LogP contribution in [-0.2, 0) is 6.42 Å². The van der Waals surface area contributed by atoms with Crippen LogP contribution in [0.2, 0.25) is 0 Å². The highest BCUT2D eigenvalue weighted by Crippen LogP contribution is 2.40. The first-order chi connectivity index (χ1) is 17.9. The molecule has 192 valence electrons. The number of pyridine rings is 1. The van der Waals surface area contributed by atoms with Gasteiger partial charge >= 0.3 is 0 Å². The summed E-state index contributed by atoms with van der Waals surface area (Å²) in [6.07, 6.45) is 3.91. The van der Waals surface area contributed by atoms with Gasteiger partial charge in [0.15, 0.2) is 11.5 Å². The van der Waals surface area contributed by atoms with Crippen LogP contribution in [0.1, 0.15) is 24.2 Å². The summed E-state index contributed by atoms with van der Waals surface area (Å²) in [7, 11) is 3.08. The van der Waals surface area contributed by atoms with Crippen molar-refractivity contribution in [3.05, 3.63) is 76.0 Å². The van der Waals surface area contributed by atoms with E-state index in [1.807, 2.05) is 0 Å². The van der Waals surface area contributed by atoms with Crippen LogP contribution in [0.5, 0.6) is 11.5 Å². The van der Waals surface area contributed by atoms with Crippen molar-refractivity contribution in [1.29, 1.82) is 0 Å². The smallest absolute Gasteiger partial charge is 0.258 e. The van der Waals surface area contributed by atoms with Gasteiger partial charge < -0.3 is 25.1 Å². The predicted octanol–water partition coefficient (Wildman–Crippen LogP) is 4.04. The summed E-state index contributed by atoms with van der Waals surface area (Å²) >= 11 is 0.